The van der Waals surface area contributed by atoms with Crippen LogP contribution >= 0.6 is 11.6 Å². The summed E-state index contributed by atoms with van der Waals surface area (Å²) in [6, 6.07) is 18.2. The van der Waals surface area contributed by atoms with E-state index in [1.54, 1.807) is 11.0 Å². The molecule has 1 saturated heterocycles. The zero-order chi connectivity index (χ0) is 23.8. The van der Waals surface area contributed by atoms with Crippen LogP contribution in [0.4, 0.5) is 5.69 Å². The first-order valence-electron chi connectivity index (χ1n) is 11.0. The molecule has 33 heavy (non-hydrogen) atoms. The Morgan fingerprint density at radius 2 is 1.70 bits per heavy atom. The number of fused-ring (bicyclic) bond motifs is 1. The number of nitrogens with zero attached hydrogens (tertiary/aromatic N) is 2. The van der Waals surface area contributed by atoms with E-state index < -0.39 is 10.0 Å². The Morgan fingerprint density at radius 1 is 1.03 bits per heavy atom. The van der Waals surface area contributed by atoms with Gasteiger partial charge < -0.3 is 9.64 Å². The molecular weight excluding hydrogens is 460 g/mol. The molecule has 1 fully saturated rings. The number of benzene rings is 3. The molecule has 2 atom stereocenters. The zero-order valence-corrected chi connectivity index (χ0v) is 20.4. The first kappa shape index (κ1) is 23.7. The molecule has 0 aliphatic carbocycles. The molecule has 0 saturated carbocycles. The van der Waals surface area contributed by atoms with Crippen molar-refractivity contribution in [3.63, 3.8) is 0 Å². The lowest BCUT2D eigenvalue weighted by Gasteiger charge is -2.34. The van der Waals surface area contributed by atoms with Gasteiger partial charge in [0.1, 0.15) is 4.90 Å². The molecule has 0 N–H and O–H groups in total. The summed E-state index contributed by atoms with van der Waals surface area (Å²) in [7, 11) is -3.89. The van der Waals surface area contributed by atoms with Crippen molar-refractivity contribution in [2.45, 2.75) is 37.9 Å². The number of carbonyl (C=O) groups is 1. The summed E-state index contributed by atoms with van der Waals surface area (Å²) < 4.78 is 33.8. The molecule has 8 heteroatoms. The van der Waals surface area contributed by atoms with E-state index in [1.165, 1.54) is 16.4 Å². The highest BCUT2D eigenvalue weighted by Gasteiger charge is 2.34. The number of hydrogen-bond donors (Lipinski definition) is 0. The Labute approximate surface area is 199 Å². The van der Waals surface area contributed by atoms with Crippen LogP contribution in [0.3, 0.4) is 0 Å². The van der Waals surface area contributed by atoms with E-state index in [0.29, 0.717) is 6.54 Å². The van der Waals surface area contributed by atoms with Gasteiger partial charge in [-0.3, -0.25) is 4.79 Å². The largest absolute Gasteiger partial charge is 0.373 e. The van der Waals surface area contributed by atoms with Gasteiger partial charge in [-0.05, 0) is 61.9 Å². The third kappa shape index (κ3) is 4.77. The van der Waals surface area contributed by atoms with E-state index in [1.807, 2.05) is 63.2 Å². The molecule has 3 aromatic rings. The zero-order valence-electron chi connectivity index (χ0n) is 18.9. The average Bonchev–Trinajstić information content (AvgIpc) is 2.79. The lowest BCUT2D eigenvalue weighted by Crippen LogP contribution is -2.48. The summed E-state index contributed by atoms with van der Waals surface area (Å²) in [4.78, 5) is 15.0. The van der Waals surface area contributed by atoms with Crippen LogP contribution in [0.15, 0.2) is 65.6 Å². The standard InChI is InChI=1S/C25H27ClN2O4S/c1-4-28(22-11-9-19-7-5-6-8-20(19)13-22)25(29)21-10-12-23(26)24(14-21)33(30,31)27-15-17(2)32-18(3)16-27/h5-14,17-18H,4,15-16H2,1-3H3. The Balaban J connectivity index is 1.69. The Morgan fingerprint density at radius 3 is 2.36 bits per heavy atom. The summed E-state index contributed by atoms with van der Waals surface area (Å²) in [6.45, 7) is 6.46. The molecule has 0 aromatic heterocycles. The van der Waals surface area contributed by atoms with Crippen molar-refractivity contribution in [1.82, 2.24) is 4.31 Å². The van der Waals surface area contributed by atoms with Gasteiger partial charge in [-0.15, -0.1) is 0 Å². The average molecular weight is 487 g/mol. The highest BCUT2D eigenvalue weighted by molar-refractivity contribution is 7.89. The van der Waals surface area contributed by atoms with Crippen molar-refractivity contribution in [1.29, 1.82) is 0 Å². The third-order valence-electron chi connectivity index (χ3n) is 5.79. The van der Waals surface area contributed by atoms with E-state index in [9.17, 15) is 13.2 Å². The van der Waals surface area contributed by atoms with E-state index in [-0.39, 0.29) is 46.7 Å². The number of anilines is 1. The number of rotatable bonds is 5. The highest BCUT2D eigenvalue weighted by Crippen LogP contribution is 2.30. The molecule has 0 bridgehead atoms. The maximum Gasteiger partial charge on any atom is 0.258 e. The molecule has 3 aromatic carbocycles. The molecule has 4 rings (SSSR count). The van der Waals surface area contributed by atoms with Crippen molar-refractivity contribution in [3.8, 4) is 0 Å². The van der Waals surface area contributed by atoms with Gasteiger partial charge in [-0.2, -0.15) is 4.31 Å². The first-order chi connectivity index (χ1) is 15.7. The summed E-state index contributed by atoms with van der Waals surface area (Å²) >= 11 is 6.31. The molecule has 1 aliphatic heterocycles. The molecule has 1 amide bonds. The Hall–Kier alpha value is -2.45. The summed E-state index contributed by atoms with van der Waals surface area (Å²) in [6.07, 6.45) is -0.453. The van der Waals surface area contributed by atoms with E-state index >= 15 is 0 Å². The number of sulfonamides is 1. The van der Waals surface area contributed by atoms with Crippen LogP contribution in [0.25, 0.3) is 10.8 Å². The third-order valence-corrected chi connectivity index (χ3v) is 8.10. The number of hydrogen-bond acceptors (Lipinski definition) is 4. The molecule has 174 valence electrons. The number of ether oxygens (including phenoxy) is 1. The SMILES string of the molecule is CCN(C(=O)c1ccc(Cl)c(S(=O)(=O)N2CC(C)OC(C)C2)c1)c1ccc2ccccc2c1. The second-order valence-electron chi connectivity index (χ2n) is 8.31. The van der Waals surface area contributed by atoms with Crippen LogP contribution in [-0.4, -0.2) is 50.5 Å². The quantitative estimate of drug-likeness (QED) is 0.511. The Kier molecular flexibility index (Phi) is 6.77. The molecule has 1 heterocycles. The second kappa shape index (κ2) is 9.43. The van der Waals surface area contributed by atoms with Crippen LogP contribution in [-0.2, 0) is 14.8 Å². The van der Waals surface area contributed by atoms with Gasteiger partial charge in [0.05, 0.1) is 17.2 Å². The van der Waals surface area contributed by atoms with E-state index in [2.05, 4.69) is 0 Å². The van der Waals surface area contributed by atoms with Crippen molar-refractivity contribution in [2.75, 3.05) is 24.5 Å². The van der Waals surface area contributed by atoms with Gasteiger partial charge in [-0.25, -0.2) is 8.42 Å². The normalized spacial score (nSPS) is 19.5. The van der Waals surface area contributed by atoms with Gasteiger partial charge in [-0.1, -0.05) is 41.9 Å². The number of halogens is 1. The van der Waals surface area contributed by atoms with Crippen LogP contribution in [0, 0.1) is 0 Å². The number of carbonyl (C=O) groups excluding carboxylic acids is 1. The fraction of sp³-hybridized carbons (Fsp3) is 0.320. The first-order valence-corrected chi connectivity index (χ1v) is 12.8. The van der Waals surface area contributed by atoms with Gasteiger partial charge in [0.15, 0.2) is 0 Å². The van der Waals surface area contributed by atoms with Crippen molar-refractivity contribution >= 4 is 44.0 Å². The number of amides is 1. The van der Waals surface area contributed by atoms with Crippen LogP contribution in [0.5, 0.6) is 0 Å². The predicted molar refractivity (Wildman–Crippen MR) is 132 cm³/mol. The smallest absolute Gasteiger partial charge is 0.258 e. The van der Waals surface area contributed by atoms with E-state index in [4.69, 9.17) is 16.3 Å². The summed E-state index contributed by atoms with van der Waals surface area (Å²) in [5.74, 6) is -0.287. The summed E-state index contributed by atoms with van der Waals surface area (Å²) in [5, 5.41) is 2.20. The van der Waals surface area contributed by atoms with E-state index in [0.717, 1.165) is 16.5 Å². The van der Waals surface area contributed by atoms with Crippen LogP contribution in [0.1, 0.15) is 31.1 Å². The highest BCUT2D eigenvalue weighted by atomic mass is 35.5. The lowest BCUT2D eigenvalue weighted by atomic mass is 10.1. The van der Waals surface area contributed by atoms with Gasteiger partial charge in [0.25, 0.3) is 5.91 Å². The fourth-order valence-corrected chi connectivity index (χ4v) is 6.33. The predicted octanol–water partition coefficient (Wildman–Crippen LogP) is 4.96. The minimum atomic E-state index is -3.89. The van der Waals surface area contributed by atoms with Gasteiger partial charge >= 0.3 is 0 Å². The second-order valence-corrected chi connectivity index (χ2v) is 10.6. The fourth-order valence-electron chi connectivity index (χ4n) is 4.24. The van der Waals surface area contributed by atoms with Gasteiger partial charge in [0, 0.05) is 30.9 Å². The van der Waals surface area contributed by atoms with Crippen LogP contribution in [0.2, 0.25) is 5.02 Å². The van der Waals surface area contributed by atoms with Crippen molar-refractivity contribution in [2.24, 2.45) is 0 Å². The molecule has 0 spiro atoms. The maximum atomic E-state index is 13.4. The minimum Gasteiger partial charge on any atom is -0.373 e. The van der Waals surface area contributed by atoms with Crippen molar-refractivity contribution < 1.29 is 17.9 Å². The van der Waals surface area contributed by atoms with Gasteiger partial charge in [0.2, 0.25) is 10.0 Å². The topological polar surface area (TPSA) is 66.9 Å². The molecular formula is C25H27ClN2O4S. The maximum absolute atomic E-state index is 13.4. The summed E-state index contributed by atoms with van der Waals surface area (Å²) in [5.41, 5.74) is 1.01. The Bertz CT molecular complexity index is 1280. The molecule has 6 nitrogen and oxygen atoms in total. The minimum absolute atomic E-state index is 0.0640. The molecule has 2 unspecified atom stereocenters. The number of morpholine rings is 1. The van der Waals surface area contributed by atoms with Crippen LogP contribution < -0.4 is 4.90 Å². The monoisotopic (exact) mass is 486 g/mol. The van der Waals surface area contributed by atoms with Crippen molar-refractivity contribution in [3.05, 3.63) is 71.2 Å². The molecule has 0 radical (unpaired) electrons. The molecule has 1 aliphatic rings. The lowest BCUT2D eigenvalue weighted by molar-refractivity contribution is -0.0440.